The van der Waals surface area contributed by atoms with Crippen LogP contribution >= 0.6 is 11.3 Å². The van der Waals surface area contributed by atoms with Gasteiger partial charge in [0.25, 0.3) is 0 Å². The van der Waals surface area contributed by atoms with E-state index in [4.69, 9.17) is 5.11 Å². The second-order valence-electron chi connectivity index (χ2n) is 0.982. The first-order chi connectivity index (χ1) is 3.89. The van der Waals surface area contributed by atoms with E-state index in [1.807, 2.05) is 19.2 Å². The first kappa shape index (κ1) is 12.2. The van der Waals surface area contributed by atoms with Gasteiger partial charge in [0.1, 0.15) is 5.75 Å². The van der Waals surface area contributed by atoms with Crippen molar-refractivity contribution in [2.45, 2.75) is 13.8 Å². The number of hydrogen-bond acceptors (Lipinski definition) is 2. The van der Waals surface area contributed by atoms with Crippen molar-refractivity contribution in [1.29, 1.82) is 0 Å². The van der Waals surface area contributed by atoms with Crippen molar-refractivity contribution in [3.05, 3.63) is 16.8 Å². The molecular formula is C6H11NaOS. The molecule has 0 atom stereocenters. The maximum Gasteiger partial charge on any atom is 1.00 e. The Hall–Kier alpha value is 0.500. The maximum absolute atomic E-state index is 8.48. The Morgan fingerprint density at radius 3 is 2.22 bits per heavy atom. The molecule has 0 saturated heterocycles. The summed E-state index contributed by atoms with van der Waals surface area (Å²) in [5.41, 5.74) is 0. The van der Waals surface area contributed by atoms with Gasteiger partial charge in [0.15, 0.2) is 0 Å². The Labute approximate surface area is 83.5 Å². The van der Waals surface area contributed by atoms with Gasteiger partial charge in [0, 0.05) is 5.38 Å². The van der Waals surface area contributed by atoms with Crippen LogP contribution in [0, 0.1) is 0 Å². The molecule has 1 nitrogen and oxygen atoms in total. The van der Waals surface area contributed by atoms with E-state index >= 15 is 0 Å². The van der Waals surface area contributed by atoms with Gasteiger partial charge < -0.3 is 6.53 Å². The van der Waals surface area contributed by atoms with Gasteiger partial charge in [-0.1, -0.05) is 13.8 Å². The van der Waals surface area contributed by atoms with E-state index in [0.717, 1.165) is 0 Å². The zero-order valence-corrected chi connectivity index (χ0v) is 8.90. The molecule has 3 heteroatoms. The Morgan fingerprint density at radius 1 is 1.56 bits per heavy atom. The number of hydrogen-bond donors (Lipinski definition) is 1. The molecule has 48 valence electrons. The van der Waals surface area contributed by atoms with Gasteiger partial charge in [-0.15, -0.1) is 11.3 Å². The minimum atomic E-state index is 0. The number of thiophene rings is 1. The molecule has 0 radical (unpaired) electrons. The van der Waals surface area contributed by atoms with Gasteiger partial charge in [-0.05, 0) is 11.4 Å². The molecule has 0 unspecified atom stereocenters. The molecule has 0 amide bonds. The Morgan fingerprint density at radius 2 is 2.11 bits per heavy atom. The summed E-state index contributed by atoms with van der Waals surface area (Å²) in [5, 5.41) is 12.0. The largest absolute Gasteiger partial charge is 1.00 e. The molecule has 0 saturated carbocycles. The van der Waals surface area contributed by atoms with Gasteiger partial charge >= 0.3 is 29.6 Å². The minimum absolute atomic E-state index is 0. The average molecular weight is 154 g/mol. The van der Waals surface area contributed by atoms with Crippen molar-refractivity contribution in [2.75, 3.05) is 0 Å². The van der Waals surface area contributed by atoms with E-state index in [1.165, 1.54) is 11.3 Å². The van der Waals surface area contributed by atoms with Crippen LogP contribution in [0.2, 0.25) is 0 Å². The van der Waals surface area contributed by atoms with E-state index in [-0.39, 0.29) is 31.0 Å². The SMILES string of the molecule is CC.Oc1ccsc1.[H-].[Na+]. The third kappa shape index (κ3) is 6.38. The molecule has 1 aromatic heterocycles. The van der Waals surface area contributed by atoms with Crippen LogP contribution in [0.4, 0.5) is 0 Å². The molecule has 0 aliphatic carbocycles. The molecule has 0 bridgehead atoms. The van der Waals surface area contributed by atoms with Crippen LogP contribution in [0.15, 0.2) is 16.8 Å². The van der Waals surface area contributed by atoms with E-state index in [0.29, 0.717) is 5.75 Å². The third-order valence-corrected chi connectivity index (χ3v) is 1.18. The average Bonchev–Trinajstić information content (AvgIpc) is 2.24. The molecule has 0 spiro atoms. The molecule has 0 aliphatic rings. The van der Waals surface area contributed by atoms with E-state index in [1.54, 1.807) is 11.4 Å². The van der Waals surface area contributed by atoms with Gasteiger partial charge in [0.05, 0.1) is 0 Å². The van der Waals surface area contributed by atoms with Crippen LogP contribution in [0.3, 0.4) is 0 Å². The topological polar surface area (TPSA) is 20.2 Å². The summed E-state index contributed by atoms with van der Waals surface area (Å²) in [6.07, 6.45) is 0. The predicted molar refractivity (Wildman–Crippen MR) is 38.4 cm³/mol. The molecule has 0 fully saturated rings. The Bertz CT molecular complexity index is 121. The van der Waals surface area contributed by atoms with Crippen molar-refractivity contribution in [3.8, 4) is 5.75 Å². The normalized spacial score (nSPS) is 6.44. The van der Waals surface area contributed by atoms with E-state index < -0.39 is 0 Å². The van der Waals surface area contributed by atoms with Crippen LogP contribution in [0.25, 0.3) is 0 Å². The third-order valence-electron chi connectivity index (χ3n) is 0.506. The van der Waals surface area contributed by atoms with Crippen molar-refractivity contribution >= 4 is 11.3 Å². The molecule has 1 N–H and O–H groups in total. The van der Waals surface area contributed by atoms with Crippen molar-refractivity contribution in [1.82, 2.24) is 0 Å². The molecular weight excluding hydrogens is 143 g/mol. The standard InChI is InChI=1S/C4H4OS.C2H6.Na.H/c5-4-1-2-6-3-4;1-2;;/h1-3,5H;1-2H3;;/q;;+1;-1. The summed E-state index contributed by atoms with van der Waals surface area (Å²) in [6, 6.07) is 1.66. The molecule has 9 heavy (non-hydrogen) atoms. The Kier molecular flexibility index (Phi) is 11.5. The van der Waals surface area contributed by atoms with Crippen molar-refractivity contribution < 1.29 is 36.1 Å². The predicted octanol–water partition coefficient (Wildman–Crippen LogP) is -0.404. The van der Waals surface area contributed by atoms with Gasteiger partial charge in [-0.3, -0.25) is 0 Å². The molecule has 1 rings (SSSR count). The van der Waals surface area contributed by atoms with Crippen molar-refractivity contribution in [2.24, 2.45) is 0 Å². The maximum atomic E-state index is 8.48. The summed E-state index contributed by atoms with van der Waals surface area (Å²) < 4.78 is 0. The zero-order chi connectivity index (χ0) is 6.41. The summed E-state index contributed by atoms with van der Waals surface area (Å²) in [6.45, 7) is 4.00. The fourth-order valence-corrected chi connectivity index (χ4v) is 0.772. The second-order valence-corrected chi connectivity index (χ2v) is 1.76. The molecule has 0 aliphatic heterocycles. The van der Waals surface area contributed by atoms with Crippen LogP contribution in [-0.4, -0.2) is 5.11 Å². The summed E-state index contributed by atoms with van der Waals surface area (Å²) >= 11 is 1.49. The fraction of sp³-hybridized carbons (Fsp3) is 0.333. The minimum Gasteiger partial charge on any atom is -1.00 e. The van der Waals surface area contributed by atoms with Gasteiger partial charge in [-0.2, -0.15) is 0 Å². The van der Waals surface area contributed by atoms with Crippen LogP contribution in [0.5, 0.6) is 5.75 Å². The van der Waals surface area contributed by atoms with E-state index in [9.17, 15) is 0 Å². The molecule has 0 aromatic carbocycles. The summed E-state index contributed by atoms with van der Waals surface area (Å²) in [7, 11) is 0. The van der Waals surface area contributed by atoms with Crippen LogP contribution < -0.4 is 29.6 Å². The fourth-order valence-electron chi connectivity index (χ4n) is 0.257. The number of rotatable bonds is 0. The van der Waals surface area contributed by atoms with Crippen molar-refractivity contribution in [3.63, 3.8) is 0 Å². The zero-order valence-electron chi connectivity index (χ0n) is 7.09. The monoisotopic (exact) mass is 154 g/mol. The first-order valence-corrected chi connectivity index (χ1v) is 3.55. The summed E-state index contributed by atoms with van der Waals surface area (Å²) in [4.78, 5) is 0. The van der Waals surface area contributed by atoms with Crippen LogP contribution in [0.1, 0.15) is 15.3 Å². The quantitative estimate of drug-likeness (QED) is 0.504. The molecule has 1 aromatic rings. The first-order valence-electron chi connectivity index (χ1n) is 2.61. The number of aromatic hydroxyl groups is 1. The molecule has 1 heterocycles. The second kappa shape index (κ2) is 8.50. The summed E-state index contributed by atoms with van der Waals surface area (Å²) in [5.74, 6) is 0.361. The van der Waals surface area contributed by atoms with Crippen LogP contribution in [-0.2, 0) is 0 Å². The van der Waals surface area contributed by atoms with Gasteiger partial charge in [-0.25, -0.2) is 0 Å². The smallest absolute Gasteiger partial charge is 1.00 e. The van der Waals surface area contributed by atoms with Gasteiger partial charge in [0.2, 0.25) is 0 Å². The Balaban J connectivity index is -0.000000114. The van der Waals surface area contributed by atoms with E-state index in [2.05, 4.69) is 0 Å².